The quantitative estimate of drug-likeness (QED) is 0.415. The van der Waals surface area contributed by atoms with Crippen LogP contribution < -0.4 is 9.47 Å². The summed E-state index contributed by atoms with van der Waals surface area (Å²) in [5.41, 5.74) is 0.392. The molecule has 1 aromatic rings. The zero-order chi connectivity index (χ0) is 18.8. The number of benzene rings is 1. The smallest absolute Gasteiger partial charge is 0.348 e. The lowest BCUT2D eigenvalue weighted by molar-refractivity contribution is -0.222. The second-order valence-corrected chi connectivity index (χ2v) is 7.01. The summed E-state index contributed by atoms with van der Waals surface area (Å²) in [6.45, 7) is 9.13. The van der Waals surface area contributed by atoms with Crippen LogP contribution in [0.3, 0.4) is 0 Å². The van der Waals surface area contributed by atoms with Crippen molar-refractivity contribution in [2.24, 2.45) is 0 Å². The normalized spacial score (nSPS) is 16.4. The highest BCUT2D eigenvalue weighted by Gasteiger charge is 2.39. The van der Waals surface area contributed by atoms with Crippen molar-refractivity contribution in [3.63, 3.8) is 0 Å². The Bertz CT molecular complexity index is 699. The molecule has 0 saturated carbocycles. The van der Waals surface area contributed by atoms with Gasteiger partial charge in [-0.15, -0.1) is 0 Å². The standard InChI is InChI=1S/C18H21BrO6/c1-6-22-14-8-11(13(19)9-15(14)23-10(2)3)7-12-16(20)24-18(4,5)25-17(12)21/h7-10H,6H2,1-5H3. The van der Waals surface area contributed by atoms with Crippen LogP contribution in [0.4, 0.5) is 0 Å². The number of hydrogen-bond donors (Lipinski definition) is 0. The van der Waals surface area contributed by atoms with E-state index in [4.69, 9.17) is 18.9 Å². The minimum atomic E-state index is -1.27. The van der Waals surface area contributed by atoms with Crippen LogP contribution in [0.5, 0.6) is 11.5 Å². The van der Waals surface area contributed by atoms with Gasteiger partial charge in [-0.25, -0.2) is 9.59 Å². The van der Waals surface area contributed by atoms with Crippen molar-refractivity contribution >= 4 is 33.9 Å². The van der Waals surface area contributed by atoms with E-state index in [0.717, 1.165) is 0 Å². The molecule has 1 aliphatic rings. The third kappa shape index (κ3) is 4.75. The number of rotatable bonds is 5. The maximum atomic E-state index is 12.1. The molecule has 1 aliphatic heterocycles. The van der Waals surface area contributed by atoms with Gasteiger partial charge < -0.3 is 18.9 Å². The zero-order valence-corrected chi connectivity index (χ0v) is 16.4. The van der Waals surface area contributed by atoms with Gasteiger partial charge in [0.05, 0.1) is 12.7 Å². The fourth-order valence-electron chi connectivity index (χ4n) is 2.21. The topological polar surface area (TPSA) is 71.1 Å². The van der Waals surface area contributed by atoms with Gasteiger partial charge in [0.25, 0.3) is 5.79 Å². The van der Waals surface area contributed by atoms with Gasteiger partial charge in [0, 0.05) is 18.3 Å². The molecule has 25 heavy (non-hydrogen) atoms. The fraction of sp³-hybridized carbons (Fsp3) is 0.444. The summed E-state index contributed by atoms with van der Waals surface area (Å²) in [5, 5.41) is 0. The SMILES string of the molecule is CCOc1cc(C=C2C(=O)OC(C)(C)OC2=O)c(Br)cc1OC(C)C. The molecule has 0 amide bonds. The minimum Gasteiger partial charge on any atom is -0.490 e. The Morgan fingerprint density at radius 1 is 1.16 bits per heavy atom. The van der Waals surface area contributed by atoms with Gasteiger partial charge in [-0.05, 0) is 44.5 Å². The molecule has 6 nitrogen and oxygen atoms in total. The van der Waals surface area contributed by atoms with E-state index in [1.165, 1.54) is 19.9 Å². The van der Waals surface area contributed by atoms with Crippen LogP contribution in [0.25, 0.3) is 6.08 Å². The first kappa shape index (κ1) is 19.3. The molecule has 1 aromatic carbocycles. The average Bonchev–Trinajstić information content (AvgIpc) is 2.45. The van der Waals surface area contributed by atoms with Gasteiger partial charge in [-0.2, -0.15) is 0 Å². The molecule has 1 fully saturated rings. The summed E-state index contributed by atoms with van der Waals surface area (Å²) in [6, 6.07) is 3.43. The second kappa shape index (κ2) is 7.47. The number of esters is 2. The number of carbonyl (C=O) groups excluding carboxylic acids is 2. The molecule has 0 bridgehead atoms. The Hall–Kier alpha value is -2.02. The number of halogens is 1. The highest BCUT2D eigenvalue weighted by molar-refractivity contribution is 9.10. The Labute approximate surface area is 155 Å². The molecule has 0 spiro atoms. The van der Waals surface area contributed by atoms with Crippen molar-refractivity contribution < 1.29 is 28.5 Å². The Kier molecular flexibility index (Phi) is 5.77. The molecular formula is C18H21BrO6. The number of ether oxygens (including phenoxy) is 4. The van der Waals surface area contributed by atoms with E-state index in [9.17, 15) is 9.59 Å². The first-order chi connectivity index (χ1) is 11.6. The molecule has 1 saturated heterocycles. The first-order valence-corrected chi connectivity index (χ1v) is 8.73. The molecule has 2 rings (SSSR count). The molecule has 0 atom stereocenters. The summed E-state index contributed by atoms with van der Waals surface area (Å²) in [7, 11) is 0. The molecule has 7 heteroatoms. The fourth-order valence-corrected chi connectivity index (χ4v) is 2.65. The number of carbonyl (C=O) groups is 2. The predicted octanol–water partition coefficient (Wildman–Crippen LogP) is 3.85. The third-order valence-corrected chi connectivity index (χ3v) is 3.83. The van der Waals surface area contributed by atoms with Crippen LogP contribution in [-0.2, 0) is 19.1 Å². The maximum Gasteiger partial charge on any atom is 0.348 e. The zero-order valence-electron chi connectivity index (χ0n) is 14.8. The molecule has 1 heterocycles. The minimum absolute atomic E-state index is 0.0270. The highest BCUT2D eigenvalue weighted by Crippen LogP contribution is 2.36. The Morgan fingerprint density at radius 3 is 2.28 bits per heavy atom. The lowest BCUT2D eigenvalue weighted by Gasteiger charge is -2.29. The first-order valence-electron chi connectivity index (χ1n) is 7.94. The van der Waals surface area contributed by atoms with E-state index >= 15 is 0 Å². The van der Waals surface area contributed by atoms with Gasteiger partial charge in [-0.3, -0.25) is 0 Å². The van der Waals surface area contributed by atoms with Crippen LogP contribution in [0.2, 0.25) is 0 Å². The van der Waals surface area contributed by atoms with Crippen molar-refractivity contribution in [3.8, 4) is 11.5 Å². The van der Waals surface area contributed by atoms with E-state index in [1.54, 1.807) is 12.1 Å². The largest absolute Gasteiger partial charge is 0.490 e. The van der Waals surface area contributed by atoms with E-state index in [0.29, 0.717) is 28.1 Å². The van der Waals surface area contributed by atoms with Gasteiger partial charge in [-0.1, -0.05) is 15.9 Å². The van der Waals surface area contributed by atoms with Crippen LogP contribution in [0, 0.1) is 0 Å². The monoisotopic (exact) mass is 412 g/mol. The van der Waals surface area contributed by atoms with Crippen LogP contribution in [0.1, 0.15) is 40.2 Å². The number of cyclic esters (lactones) is 2. The summed E-state index contributed by atoms with van der Waals surface area (Å²) in [6.07, 6.45) is 1.38. The second-order valence-electron chi connectivity index (χ2n) is 6.16. The molecule has 0 N–H and O–H groups in total. The molecule has 136 valence electrons. The van der Waals surface area contributed by atoms with E-state index in [2.05, 4.69) is 15.9 Å². The van der Waals surface area contributed by atoms with Gasteiger partial charge >= 0.3 is 11.9 Å². The van der Waals surface area contributed by atoms with Crippen molar-refractivity contribution in [2.75, 3.05) is 6.61 Å². The highest BCUT2D eigenvalue weighted by atomic mass is 79.9. The maximum absolute atomic E-state index is 12.1. The number of hydrogen-bond acceptors (Lipinski definition) is 6. The van der Waals surface area contributed by atoms with E-state index in [-0.39, 0.29) is 11.7 Å². The summed E-state index contributed by atoms with van der Waals surface area (Å²) < 4.78 is 22.2. The van der Waals surface area contributed by atoms with Crippen molar-refractivity contribution in [2.45, 2.75) is 46.5 Å². The van der Waals surface area contributed by atoms with Gasteiger partial charge in [0.1, 0.15) is 5.57 Å². The van der Waals surface area contributed by atoms with Gasteiger partial charge in [0.15, 0.2) is 11.5 Å². The summed E-state index contributed by atoms with van der Waals surface area (Å²) in [4.78, 5) is 24.2. The van der Waals surface area contributed by atoms with Crippen molar-refractivity contribution in [1.82, 2.24) is 0 Å². The lowest BCUT2D eigenvalue weighted by Crippen LogP contribution is -2.41. The van der Waals surface area contributed by atoms with Crippen molar-refractivity contribution in [3.05, 3.63) is 27.7 Å². The predicted molar refractivity (Wildman–Crippen MR) is 95.3 cm³/mol. The summed E-state index contributed by atoms with van der Waals surface area (Å²) >= 11 is 3.43. The van der Waals surface area contributed by atoms with Gasteiger partial charge in [0.2, 0.25) is 0 Å². The molecular weight excluding hydrogens is 392 g/mol. The molecule has 0 aromatic heterocycles. The van der Waals surface area contributed by atoms with Crippen LogP contribution in [0.15, 0.2) is 22.2 Å². The van der Waals surface area contributed by atoms with E-state index in [1.807, 2.05) is 20.8 Å². The van der Waals surface area contributed by atoms with Crippen LogP contribution >= 0.6 is 15.9 Å². The van der Waals surface area contributed by atoms with Crippen molar-refractivity contribution in [1.29, 1.82) is 0 Å². The lowest BCUT2D eigenvalue weighted by atomic mass is 10.1. The van der Waals surface area contributed by atoms with E-state index < -0.39 is 17.7 Å². The summed E-state index contributed by atoms with van der Waals surface area (Å²) in [5.74, 6) is -1.64. The Balaban J connectivity index is 2.43. The molecule has 0 aliphatic carbocycles. The average molecular weight is 413 g/mol. The third-order valence-electron chi connectivity index (χ3n) is 3.14. The molecule has 0 radical (unpaired) electrons. The molecule has 0 unspecified atom stereocenters. The Morgan fingerprint density at radius 2 is 1.76 bits per heavy atom. The van der Waals surface area contributed by atoms with Crippen LogP contribution in [-0.4, -0.2) is 30.4 Å².